The number of aliphatic hydroxyl groups excluding tert-OH is 1. The minimum atomic E-state index is -1.82. The number of ether oxygens (including phenoxy) is 5. The van der Waals surface area contributed by atoms with E-state index in [4.69, 9.17) is 23.7 Å². The molecule has 0 saturated carbocycles. The van der Waals surface area contributed by atoms with Gasteiger partial charge in [0.25, 0.3) is 0 Å². The quantitative estimate of drug-likeness (QED) is 0.243. The maximum Gasteiger partial charge on any atom is 0.338 e. The SMILES string of the molecule is CC[C@H](C)[C@H]1O[C@]2(CC[C@@H]1C)C[C@@H]1C[C@@H](C/C=C(\C)[C@@H](OC(=O)c3cccc(Br)c3)[C@@H](C)/C=C/C=C3\CO[C@@H]4[C@H](O)C(C)=C[C@@H](C(=O)O1)[C@]34O)O2. The highest BCUT2D eigenvalue weighted by molar-refractivity contribution is 9.10. The molecule has 4 heterocycles. The molecule has 12 atom stereocenters. The van der Waals surface area contributed by atoms with Gasteiger partial charge >= 0.3 is 11.9 Å². The van der Waals surface area contributed by atoms with E-state index >= 15 is 0 Å². The first-order chi connectivity index (χ1) is 24.2. The van der Waals surface area contributed by atoms with Gasteiger partial charge in [0.2, 0.25) is 0 Å². The molecule has 278 valence electrons. The zero-order chi connectivity index (χ0) is 36.7. The van der Waals surface area contributed by atoms with Crippen molar-refractivity contribution in [3.63, 3.8) is 0 Å². The summed E-state index contributed by atoms with van der Waals surface area (Å²) in [5.41, 5.74) is 0.492. The molecule has 0 aromatic heterocycles. The minimum Gasteiger partial charge on any atom is -0.462 e. The van der Waals surface area contributed by atoms with E-state index in [-0.39, 0.29) is 24.7 Å². The first-order valence-corrected chi connectivity index (χ1v) is 19.3. The van der Waals surface area contributed by atoms with E-state index in [0.29, 0.717) is 54.2 Å². The number of aliphatic hydroxyl groups is 2. The molecule has 2 bridgehead atoms. The molecular formula is C41H53BrO9. The van der Waals surface area contributed by atoms with Crippen LogP contribution < -0.4 is 0 Å². The van der Waals surface area contributed by atoms with E-state index in [9.17, 15) is 19.8 Å². The molecule has 9 nitrogen and oxygen atoms in total. The van der Waals surface area contributed by atoms with Crippen LogP contribution in [-0.4, -0.2) is 76.8 Å². The van der Waals surface area contributed by atoms with Crippen LogP contribution in [0.3, 0.4) is 0 Å². The number of hydrogen-bond acceptors (Lipinski definition) is 9. The molecule has 2 N–H and O–H groups in total. The molecule has 51 heavy (non-hydrogen) atoms. The lowest BCUT2D eigenvalue weighted by Crippen LogP contribution is -2.58. The maximum absolute atomic E-state index is 14.2. The fourth-order valence-corrected chi connectivity index (χ4v) is 8.94. The fraction of sp³-hybridized carbons (Fsp3) is 0.610. The maximum atomic E-state index is 14.2. The molecule has 4 aliphatic heterocycles. The fourth-order valence-electron chi connectivity index (χ4n) is 8.54. The van der Waals surface area contributed by atoms with Crippen LogP contribution in [0.15, 0.2) is 75.8 Å². The first kappa shape index (κ1) is 38.1. The van der Waals surface area contributed by atoms with Gasteiger partial charge in [0, 0.05) is 29.7 Å². The molecule has 0 amide bonds. The predicted molar refractivity (Wildman–Crippen MR) is 195 cm³/mol. The Morgan fingerprint density at radius 1 is 1.16 bits per heavy atom. The van der Waals surface area contributed by atoms with Gasteiger partial charge in [0.1, 0.15) is 35.9 Å². The van der Waals surface area contributed by atoms with Crippen molar-refractivity contribution < 1.29 is 43.5 Å². The van der Waals surface area contributed by atoms with Crippen molar-refractivity contribution in [1.29, 1.82) is 0 Å². The number of allylic oxidation sites excluding steroid dienone is 2. The molecule has 3 fully saturated rings. The van der Waals surface area contributed by atoms with Gasteiger partial charge in [0.15, 0.2) is 5.79 Å². The Kier molecular flexibility index (Phi) is 11.5. The summed E-state index contributed by atoms with van der Waals surface area (Å²) in [5, 5.41) is 23.4. The molecule has 1 aliphatic carbocycles. The number of hydrogen-bond donors (Lipinski definition) is 2. The van der Waals surface area contributed by atoms with Crippen LogP contribution >= 0.6 is 15.9 Å². The average molecular weight is 770 g/mol. The van der Waals surface area contributed by atoms with E-state index in [1.54, 1.807) is 43.4 Å². The molecule has 1 aromatic rings. The second kappa shape index (κ2) is 15.4. The molecular weight excluding hydrogens is 716 g/mol. The van der Waals surface area contributed by atoms with Crippen LogP contribution in [0.25, 0.3) is 0 Å². The number of benzene rings is 1. The lowest BCUT2D eigenvalue weighted by molar-refractivity contribution is -0.340. The van der Waals surface area contributed by atoms with Gasteiger partial charge in [-0.25, -0.2) is 4.79 Å². The van der Waals surface area contributed by atoms with Crippen LogP contribution in [0.2, 0.25) is 0 Å². The largest absolute Gasteiger partial charge is 0.462 e. The molecule has 0 radical (unpaired) electrons. The summed E-state index contributed by atoms with van der Waals surface area (Å²) in [6.07, 6.45) is 9.39. The summed E-state index contributed by atoms with van der Waals surface area (Å²) >= 11 is 3.45. The van der Waals surface area contributed by atoms with Gasteiger partial charge in [-0.3, -0.25) is 4.79 Å². The summed E-state index contributed by atoms with van der Waals surface area (Å²) in [6.45, 7) is 12.3. The van der Waals surface area contributed by atoms with Gasteiger partial charge in [-0.05, 0) is 73.4 Å². The molecule has 5 aliphatic rings. The van der Waals surface area contributed by atoms with Crippen molar-refractivity contribution >= 4 is 27.9 Å². The topological polar surface area (TPSA) is 121 Å². The minimum absolute atomic E-state index is 0.00124. The molecule has 1 aromatic carbocycles. The Morgan fingerprint density at radius 2 is 1.94 bits per heavy atom. The Bertz CT molecular complexity index is 1590. The van der Waals surface area contributed by atoms with Crippen LogP contribution in [0.1, 0.15) is 90.4 Å². The highest BCUT2D eigenvalue weighted by Gasteiger charge is 2.60. The third-order valence-corrected chi connectivity index (χ3v) is 12.2. The van der Waals surface area contributed by atoms with Crippen LogP contribution in [0.5, 0.6) is 0 Å². The summed E-state index contributed by atoms with van der Waals surface area (Å²) in [7, 11) is 0. The van der Waals surface area contributed by atoms with E-state index in [1.165, 1.54) is 0 Å². The second-order valence-electron chi connectivity index (χ2n) is 15.5. The standard InChI is InChI=1S/C41H53BrO9/c1-7-23(2)36-26(5)16-17-40(51-36)21-32-20-31(50-40)15-14-25(4)35(49-38(44)28-11-9-13-30(42)19-28)24(3)10-8-12-29-22-47-37-34(43)27(6)18-33(39(45)48-32)41(29,37)46/h8-14,18-19,23-24,26,31-37,43,46H,7,15-17,20-22H2,1-6H3/b10-8+,25-14+,29-12+/t23-,24-,26-,31+,32-,33-,34+,35-,36+,37+,40+,41+/m0/s1. The third kappa shape index (κ3) is 7.73. The Labute approximate surface area is 310 Å². The number of carbonyl (C=O) groups is 2. The number of esters is 2. The highest BCUT2D eigenvalue weighted by atomic mass is 79.9. The van der Waals surface area contributed by atoms with Gasteiger partial charge in [0.05, 0.1) is 24.4 Å². The summed E-state index contributed by atoms with van der Waals surface area (Å²) in [6, 6.07) is 7.11. The van der Waals surface area contributed by atoms with E-state index in [2.05, 4.69) is 42.8 Å². The lowest BCUT2D eigenvalue weighted by atomic mass is 9.71. The van der Waals surface area contributed by atoms with Crippen molar-refractivity contribution in [2.24, 2.45) is 23.7 Å². The molecule has 1 spiro atoms. The van der Waals surface area contributed by atoms with Crippen LogP contribution in [0.4, 0.5) is 0 Å². The average Bonchev–Trinajstić information content (AvgIpc) is 3.44. The number of carbonyl (C=O) groups excluding carboxylic acids is 2. The van der Waals surface area contributed by atoms with Crippen molar-refractivity contribution in [1.82, 2.24) is 0 Å². The normalized spacial score (nSPS) is 41.9. The zero-order valence-electron chi connectivity index (χ0n) is 30.5. The number of fused-ring (bicyclic) bond motifs is 2. The van der Waals surface area contributed by atoms with Crippen molar-refractivity contribution in [3.8, 4) is 0 Å². The van der Waals surface area contributed by atoms with Gasteiger partial charge in [-0.1, -0.05) is 86.5 Å². The smallest absolute Gasteiger partial charge is 0.338 e. The monoisotopic (exact) mass is 768 g/mol. The molecule has 10 heteroatoms. The van der Waals surface area contributed by atoms with Crippen LogP contribution in [0, 0.1) is 23.7 Å². The Morgan fingerprint density at radius 3 is 2.69 bits per heavy atom. The predicted octanol–water partition coefficient (Wildman–Crippen LogP) is 7.16. The lowest BCUT2D eigenvalue weighted by Gasteiger charge is -2.51. The third-order valence-electron chi connectivity index (χ3n) is 11.7. The van der Waals surface area contributed by atoms with E-state index in [0.717, 1.165) is 22.9 Å². The molecule has 0 unspecified atom stereocenters. The van der Waals surface area contributed by atoms with Crippen molar-refractivity contribution in [2.75, 3.05) is 6.61 Å². The van der Waals surface area contributed by atoms with Gasteiger partial charge < -0.3 is 33.9 Å². The zero-order valence-corrected chi connectivity index (χ0v) is 32.1. The second-order valence-corrected chi connectivity index (χ2v) is 16.4. The molecule has 3 saturated heterocycles. The van der Waals surface area contributed by atoms with E-state index in [1.807, 2.05) is 26.0 Å². The van der Waals surface area contributed by atoms with Crippen LogP contribution in [-0.2, 0) is 28.5 Å². The summed E-state index contributed by atoms with van der Waals surface area (Å²) in [4.78, 5) is 27.6. The number of rotatable bonds is 4. The Balaban J connectivity index is 1.39. The highest BCUT2D eigenvalue weighted by Crippen LogP contribution is 2.48. The first-order valence-electron chi connectivity index (χ1n) is 18.5. The summed E-state index contributed by atoms with van der Waals surface area (Å²) < 4.78 is 33.1. The van der Waals surface area contributed by atoms with E-state index < -0.39 is 53.7 Å². The summed E-state index contributed by atoms with van der Waals surface area (Å²) in [5.74, 6) is -2.60. The van der Waals surface area contributed by atoms with Crippen molar-refractivity contribution in [3.05, 3.63) is 81.4 Å². The van der Waals surface area contributed by atoms with Crippen molar-refractivity contribution in [2.45, 2.75) is 128 Å². The molecule has 6 rings (SSSR count). The number of halogens is 1. The Hall–Kier alpha value is -2.60. The van der Waals surface area contributed by atoms with Gasteiger partial charge in [-0.15, -0.1) is 0 Å². The van der Waals surface area contributed by atoms with Gasteiger partial charge in [-0.2, -0.15) is 0 Å².